The number of carbonyl (C=O) groups is 1. The Morgan fingerprint density at radius 2 is 2.17 bits per heavy atom. The van der Waals surface area contributed by atoms with Crippen molar-refractivity contribution < 1.29 is 24.2 Å². The summed E-state index contributed by atoms with van der Waals surface area (Å²) in [7, 11) is -1.86. The highest BCUT2D eigenvalue weighted by atomic mass is 28.3. The van der Waals surface area contributed by atoms with Crippen LogP contribution in [0.4, 0.5) is 0 Å². The normalized spacial score (nSPS) is 28.7. The molecule has 2 rings (SSSR count). The summed E-state index contributed by atoms with van der Waals surface area (Å²) in [6, 6.07) is 1.71. The smallest absolute Gasteiger partial charge is 0.312 e. The number of hydrogen-bond donors (Lipinski definition) is 2. The fourth-order valence-corrected chi connectivity index (χ4v) is 4.73. The minimum atomic E-state index is -1.86. The highest BCUT2D eigenvalue weighted by molar-refractivity contribution is 6.88. The number of aliphatic hydroxyl groups excluding tert-OH is 1. The van der Waals surface area contributed by atoms with Crippen LogP contribution >= 0.6 is 0 Å². The predicted octanol–water partition coefficient (Wildman–Crippen LogP) is 1.90. The second kappa shape index (κ2) is 6.26. The first-order valence-electron chi connectivity index (χ1n) is 7.94. The molecule has 1 saturated carbocycles. The lowest BCUT2D eigenvalue weighted by Gasteiger charge is -2.42. The summed E-state index contributed by atoms with van der Waals surface area (Å²) in [5.41, 5.74) is -0.359. The van der Waals surface area contributed by atoms with E-state index in [1.54, 1.807) is 19.3 Å². The molecule has 1 aliphatic carbocycles. The van der Waals surface area contributed by atoms with Crippen LogP contribution < -0.4 is 5.38 Å². The van der Waals surface area contributed by atoms with E-state index in [0.29, 0.717) is 11.1 Å². The van der Waals surface area contributed by atoms with E-state index in [2.05, 4.69) is 26.2 Å². The van der Waals surface area contributed by atoms with Gasteiger partial charge in [-0.15, -0.1) is 0 Å². The van der Waals surface area contributed by atoms with Gasteiger partial charge in [0.1, 0.15) is 13.7 Å². The van der Waals surface area contributed by atoms with Crippen molar-refractivity contribution in [2.75, 3.05) is 6.61 Å². The highest BCUT2D eigenvalue weighted by Gasteiger charge is 2.51. The Balaban J connectivity index is 2.52. The van der Waals surface area contributed by atoms with E-state index in [1.807, 2.05) is 0 Å². The van der Waals surface area contributed by atoms with E-state index >= 15 is 0 Å². The van der Waals surface area contributed by atoms with Crippen molar-refractivity contribution in [3.05, 3.63) is 30.0 Å². The van der Waals surface area contributed by atoms with Crippen LogP contribution in [0.1, 0.15) is 25.3 Å². The van der Waals surface area contributed by atoms with Crippen molar-refractivity contribution in [2.24, 2.45) is 5.92 Å². The lowest BCUT2D eigenvalue weighted by molar-refractivity contribution is -0.164. The zero-order valence-corrected chi connectivity index (χ0v) is 15.3. The second-order valence-electron chi connectivity index (χ2n) is 7.22. The van der Waals surface area contributed by atoms with Gasteiger partial charge < -0.3 is 19.4 Å². The van der Waals surface area contributed by atoms with Crippen molar-refractivity contribution >= 4 is 19.4 Å². The maximum Gasteiger partial charge on any atom is 0.312 e. The minimum absolute atomic E-state index is 0.0202. The number of esters is 1. The van der Waals surface area contributed by atoms with Gasteiger partial charge in [-0.1, -0.05) is 26.2 Å². The van der Waals surface area contributed by atoms with E-state index < -0.39 is 31.7 Å². The van der Waals surface area contributed by atoms with Gasteiger partial charge in [-0.3, -0.25) is 4.79 Å². The molecule has 2 N–H and O–H groups in total. The monoisotopic (exact) mass is 338 g/mol. The molecule has 1 aromatic rings. The Hall–Kier alpha value is -1.37. The summed E-state index contributed by atoms with van der Waals surface area (Å²) in [5.74, 6) is -1.25. The number of rotatable bonds is 4. The number of aliphatic hydroxyl groups is 2. The zero-order chi connectivity index (χ0) is 17.4. The van der Waals surface area contributed by atoms with E-state index in [4.69, 9.17) is 9.15 Å². The minimum Gasteiger partial charge on any atom is -0.474 e. The van der Waals surface area contributed by atoms with Crippen molar-refractivity contribution in [3.8, 4) is 0 Å². The molecule has 5 nitrogen and oxygen atoms in total. The fourth-order valence-electron chi connectivity index (χ4n) is 3.20. The zero-order valence-electron chi connectivity index (χ0n) is 14.3. The van der Waals surface area contributed by atoms with Crippen molar-refractivity contribution in [2.45, 2.75) is 51.1 Å². The Morgan fingerprint density at radius 3 is 2.74 bits per heavy atom. The summed E-state index contributed by atoms with van der Waals surface area (Å²) < 4.78 is 10.8. The summed E-state index contributed by atoms with van der Waals surface area (Å²) >= 11 is 0. The van der Waals surface area contributed by atoms with Gasteiger partial charge in [0.25, 0.3) is 0 Å². The average Bonchev–Trinajstić information content (AvgIpc) is 2.93. The highest BCUT2D eigenvalue weighted by Crippen LogP contribution is 2.44. The molecule has 0 saturated heterocycles. The Morgan fingerprint density at radius 1 is 1.52 bits per heavy atom. The maximum absolute atomic E-state index is 12.4. The number of carbonyl (C=O) groups excluding carboxylic acids is 1. The molecular formula is C17H26O5Si. The molecule has 3 atom stereocenters. The van der Waals surface area contributed by atoms with Gasteiger partial charge in [-0.05, 0) is 25.0 Å². The largest absolute Gasteiger partial charge is 0.474 e. The molecule has 6 heteroatoms. The molecule has 128 valence electrons. The van der Waals surface area contributed by atoms with Crippen LogP contribution in [0.2, 0.25) is 19.6 Å². The Labute approximate surface area is 138 Å². The van der Waals surface area contributed by atoms with Crippen LogP contribution in [0.3, 0.4) is 0 Å². The third kappa shape index (κ3) is 3.29. The summed E-state index contributed by atoms with van der Waals surface area (Å²) in [6.45, 7) is 12.1. The lowest BCUT2D eigenvalue weighted by Crippen LogP contribution is -2.52. The van der Waals surface area contributed by atoms with Gasteiger partial charge in [0, 0.05) is 12.0 Å². The SMILES string of the molecule is C=C1C[C@@H](C(=O)OCC)[C@](O)(c2ccoc2[Si](C)(C)C)C[C@@H]1O. The van der Waals surface area contributed by atoms with Gasteiger partial charge in [-0.2, -0.15) is 0 Å². The second-order valence-corrected chi connectivity index (χ2v) is 12.2. The quantitative estimate of drug-likeness (QED) is 0.498. The third-order valence-corrected chi connectivity index (χ3v) is 6.15. The van der Waals surface area contributed by atoms with Gasteiger partial charge in [-0.25, -0.2) is 0 Å². The molecule has 1 heterocycles. The molecule has 0 spiro atoms. The Bertz CT molecular complexity index is 600. The summed E-state index contributed by atoms with van der Waals surface area (Å²) in [5, 5.41) is 22.3. The molecule has 0 unspecified atom stereocenters. The predicted molar refractivity (Wildman–Crippen MR) is 90.1 cm³/mol. The van der Waals surface area contributed by atoms with E-state index in [1.165, 1.54) is 0 Å². The van der Waals surface area contributed by atoms with Crippen molar-refractivity contribution in [3.63, 3.8) is 0 Å². The number of ether oxygens (including phenoxy) is 1. The van der Waals surface area contributed by atoms with Crippen molar-refractivity contribution in [1.29, 1.82) is 0 Å². The molecule has 1 aromatic heterocycles. The molecule has 0 bridgehead atoms. The molecule has 0 aromatic carbocycles. The van der Waals surface area contributed by atoms with E-state index in [0.717, 1.165) is 5.38 Å². The van der Waals surface area contributed by atoms with Crippen LogP contribution in [-0.2, 0) is 15.1 Å². The molecular weight excluding hydrogens is 312 g/mol. The standard InChI is InChI=1S/C17H26O5Si/c1-6-21-15(19)13-9-11(2)14(18)10-17(13,20)12-7-8-22-16(12)23(3,4)5/h7-8,13-14,18,20H,2,6,9-10H2,1,3-5H3/t13-,14-,17+/m0/s1. The van der Waals surface area contributed by atoms with E-state index in [9.17, 15) is 15.0 Å². The van der Waals surface area contributed by atoms with Crippen LogP contribution in [0, 0.1) is 5.92 Å². The summed E-state index contributed by atoms with van der Waals surface area (Å²) in [6.07, 6.45) is 0.910. The Kier molecular flexibility index (Phi) is 4.89. The van der Waals surface area contributed by atoms with Crippen LogP contribution in [0.5, 0.6) is 0 Å². The molecule has 1 fully saturated rings. The van der Waals surface area contributed by atoms with Crippen LogP contribution in [0.15, 0.2) is 28.9 Å². The van der Waals surface area contributed by atoms with Crippen LogP contribution in [0.25, 0.3) is 0 Å². The number of hydrogen-bond acceptors (Lipinski definition) is 5. The topological polar surface area (TPSA) is 79.9 Å². The molecule has 0 aliphatic heterocycles. The van der Waals surface area contributed by atoms with Gasteiger partial charge >= 0.3 is 5.97 Å². The van der Waals surface area contributed by atoms with E-state index in [-0.39, 0.29) is 19.4 Å². The first-order chi connectivity index (χ1) is 10.6. The average molecular weight is 338 g/mol. The number of furan rings is 1. The maximum atomic E-state index is 12.4. The third-order valence-electron chi connectivity index (χ3n) is 4.40. The molecule has 0 amide bonds. The van der Waals surface area contributed by atoms with Gasteiger partial charge in [0.2, 0.25) is 0 Å². The first-order valence-corrected chi connectivity index (χ1v) is 11.4. The lowest BCUT2D eigenvalue weighted by atomic mass is 9.69. The van der Waals surface area contributed by atoms with Crippen LogP contribution in [-0.4, -0.2) is 37.0 Å². The molecule has 1 aliphatic rings. The van der Waals surface area contributed by atoms with Gasteiger partial charge in [0.05, 0.1) is 30.3 Å². The van der Waals surface area contributed by atoms with Crippen molar-refractivity contribution in [1.82, 2.24) is 0 Å². The first kappa shape index (κ1) is 18.0. The fraction of sp³-hybridized carbons (Fsp3) is 0.588. The van der Waals surface area contributed by atoms with Gasteiger partial charge in [0.15, 0.2) is 0 Å². The summed E-state index contributed by atoms with van der Waals surface area (Å²) in [4.78, 5) is 12.4. The molecule has 0 radical (unpaired) electrons. The molecule has 23 heavy (non-hydrogen) atoms.